The molecular weight excluding hydrogens is 1000 g/mol. The fraction of sp³-hybridized carbons (Fsp3) is 0.652. The van der Waals surface area contributed by atoms with Crippen LogP contribution in [0.3, 0.4) is 0 Å². The molecule has 0 heterocycles. The van der Waals surface area contributed by atoms with Crippen molar-refractivity contribution in [3.63, 3.8) is 0 Å². The maximum absolute atomic E-state index is 12.8. The van der Waals surface area contributed by atoms with Crippen molar-refractivity contribution in [1.29, 1.82) is 0 Å². The minimum absolute atomic E-state index is 0.0245. The summed E-state index contributed by atoms with van der Waals surface area (Å²) in [4.78, 5) is 35.7. The molecule has 450 valence electrons. The van der Waals surface area contributed by atoms with Crippen LogP contribution in [0.1, 0.15) is 239 Å². The van der Waals surface area contributed by atoms with Gasteiger partial charge in [0.25, 0.3) is 0 Å². The van der Waals surface area contributed by atoms with Crippen LogP contribution in [0.2, 0.25) is 0 Å². The molecule has 0 fully saturated rings. The lowest BCUT2D eigenvalue weighted by Gasteiger charge is -2.24. The van der Waals surface area contributed by atoms with E-state index in [-0.39, 0.29) is 32.0 Å². The molecule has 0 aromatic heterocycles. The van der Waals surface area contributed by atoms with Crippen LogP contribution in [0.4, 0.5) is 0 Å². The number of rotatable bonds is 56. The van der Waals surface area contributed by atoms with Gasteiger partial charge in [-0.2, -0.15) is 0 Å². The molecule has 10 heteroatoms. The number of phosphoric ester groups is 1. The molecule has 0 aromatic carbocycles. The minimum atomic E-state index is -4.39. The van der Waals surface area contributed by atoms with Crippen molar-refractivity contribution in [2.75, 3.05) is 47.5 Å². The number of nitrogens with zero attached hydrogens (tertiary/aromatic N) is 1. The second kappa shape index (κ2) is 58.8. The van der Waals surface area contributed by atoms with Crippen molar-refractivity contribution < 1.29 is 42.1 Å². The van der Waals surface area contributed by atoms with Gasteiger partial charge in [-0.1, -0.05) is 263 Å². The quantitative estimate of drug-likeness (QED) is 0.0211. The van der Waals surface area contributed by atoms with E-state index in [9.17, 15) is 19.0 Å². The Kier molecular flexibility index (Phi) is 55.9. The van der Waals surface area contributed by atoms with Gasteiger partial charge in [0.2, 0.25) is 0 Å². The first-order chi connectivity index (χ1) is 38.5. The monoisotopic (exact) mass is 1120 g/mol. The van der Waals surface area contributed by atoms with Gasteiger partial charge in [-0.15, -0.1) is 0 Å². The van der Waals surface area contributed by atoms with E-state index in [0.717, 1.165) is 116 Å². The zero-order valence-electron chi connectivity index (χ0n) is 51.1. The normalized spacial score (nSPS) is 14.2. The lowest BCUT2D eigenvalue weighted by Crippen LogP contribution is -2.37. The fourth-order valence-corrected chi connectivity index (χ4v) is 8.88. The van der Waals surface area contributed by atoms with Gasteiger partial charge in [0, 0.05) is 12.8 Å². The van der Waals surface area contributed by atoms with Crippen molar-refractivity contribution >= 4 is 19.8 Å². The molecule has 0 saturated heterocycles. The molecule has 1 N–H and O–H groups in total. The highest BCUT2D eigenvalue weighted by atomic mass is 31.2. The number of esters is 2. The first kappa shape index (κ1) is 75.2. The van der Waals surface area contributed by atoms with E-state index in [0.29, 0.717) is 17.4 Å². The van der Waals surface area contributed by atoms with Crippen LogP contribution >= 0.6 is 7.82 Å². The van der Waals surface area contributed by atoms with E-state index < -0.39 is 26.5 Å². The molecule has 0 bridgehead atoms. The average molecular weight is 1120 g/mol. The summed E-state index contributed by atoms with van der Waals surface area (Å²) in [6, 6.07) is 0. The molecule has 9 nitrogen and oxygen atoms in total. The number of carbonyl (C=O) groups excluding carboxylic acids is 2. The second-order valence-electron chi connectivity index (χ2n) is 21.7. The molecule has 0 aliphatic carbocycles. The zero-order chi connectivity index (χ0) is 57.7. The second-order valence-corrected chi connectivity index (χ2v) is 23.2. The number of unbranched alkanes of at least 4 members (excludes halogenated alkanes) is 20. The van der Waals surface area contributed by atoms with Crippen molar-refractivity contribution in [3.8, 4) is 0 Å². The summed E-state index contributed by atoms with van der Waals surface area (Å²) >= 11 is 0. The zero-order valence-corrected chi connectivity index (χ0v) is 52.0. The predicted octanol–water partition coefficient (Wildman–Crippen LogP) is 20.1. The van der Waals surface area contributed by atoms with Gasteiger partial charge in [-0.05, 0) is 96.3 Å². The Morgan fingerprint density at radius 3 is 1.08 bits per heavy atom. The molecular formula is C69H117NO8P+. The Labute approximate surface area is 485 Å². The van der Waals surface area contributed by atoms with E-state index in [4.69, 9.17) is 18.5 Å². The number of likely N-dealkylation sites (N-methyl/N-ethyl adjacent to an activating group) is 1. The van der Waals surface area contributed by atoms with Crippen molar-refractivity contribution in [1.82, 2.24) is 0 Å². The molecule has 0 amide bonds. The van der Waals surface area contributed by atoms with Crippen molar-refractivity contribution in [2.24, 2.45) is 0 Å². The molecule has 0 rings (SSSR count). The summed E-state index contributed by atoms with van der Waals surface area (Å²) in [5, 5.41) is 0. The van der Waals surface area contributed by atoms with Gasteiger partial charge in [0.15, 0.2) is 6.10 Å². The average Bonchev–Trinajstić information content (AvgIpc) is 3.41. The first-order valence-electron chi connectivity index (χ1n) is 31.4. The summed E-state index contributed by atoms with van der Waals surface area (Å²) in [6.07, 6.45) is 85.3. The Morgan fingerprint density at radius 1 is 0.405 bits per heavy atom. The molecule has 0 aliphatic rings. The summed E-state index contributed by atoms with van der Waals surface area (Å²) in [6.45, 7) is 4.30. The van der Waals surface area contributed by atoms with Gasteiger partial charge >= 0.3 is 19.8 Å². The molecule has 79 heavy (non-hydrogen) atoms. The van der Waals surface area contributed by atoms with Gasteiger partial charge in [-0.3, -0.25) is 18.6 Å². The Balaban J connectivity index is 4.12. The third-order valence-corrected chi connectivity index (χ3v) is 13.9. The Bertz CT molecular complexity index is 1790. The molecule has 0 radical (unpaired) electrons. The number of allylic oxidation sites excluding steroid dienone is 22. The Morgan fingerprint density at radius 2 is 0.722 bits per heavy atom. The van der Waals surface area contributed by atoms with E-state index >= 15 is 0 Å². The minimum Gasteiger partial charge on any atom is -0.462 e. The van der Waals surface area contributed by atoms with E-state index in [2.05, 4.69) is 148 Å². The van der Waals surface area contributed by atoms with Crippen LogP contribution in [-0.4, -0.2) is 74.9 Å². The van der Waals surface area contributed by atoms with E-state index in [1.807, 2.05) is 21.1 Å². The molecule has 0 saturated carbocycles. The lowest BCUT2D eigenvalue weighted by molar-refractivity contribution is -0.870. The highest BCUT2D eigenvalue weighted by Crippen LogP contribution is 2.43. The van der Waals surface area contributed by atoms with Gasteiger partial charge in [0.1, 0.15) is 19.8 Å². The molecule has 0 spiro atoms. The Hall–Kier alpha value is -3.85. The molecule has 2 unspecified atom stereocenters. The maximum Gasteiger partial charge on any atom is 0.472 e. The van der Waals surface area contributed by atoms with Gasteiger partial charge in [-0.25, -0.2) is 4.57 Å². The summed E-state index contributed by atoms with van der Waals surface area (Å²) in [5.41, 5.74) is 0. The van der Waals surface area contributed by atoms with E-state index in [1.54, 1.807) is 0 Å². The number of ether oxygens (including phenoxy) is 2. The largest absolute Gasteiger partial charge is 0.472 e. The number of carbonyl (C=O) groups is 2. The fourth-order valence-electron chi connectivity index (χ4n) is 8.14. The highest BCUT2D eigenvalue weighted by molar-refractivity contribution is 7.47. The number of hydrogen-bond donors (Lipinski definition) is 1. The topological polar surface area (TPSA) is 108 Å². The number of quaternary nitrogens is 1. The molecule has 0 aromatic rings. The standard InChI is InChI=1S/C69H116NO8P/c1-6-8-10-12-14-16-18-20-22-23-24-25-26-27-28-29-30-31-32-33-34-35-36-37-38-39-40-41-42-43-44-45-46-47-48-50-52-54-56-58-60-62-69(72)78-67(66-77-79(73,74)76-64-63-70(3,4)5)65-75-68(71)61-59-57-55-53-51-49-21-19-17-15-13-11-9-7-2/h8,10,14,16,20,22,24-25,27-28,30-31,33-34,36-37,39-40,42-43,45-46,67H,6-7,9,11-13,15,17-19,21,23,26,29,32,35,38,41,44,47-66H2,1-5H3/p+1/b10-8-,16-14-,22-20-,25-24-,28-27-,31-30-,34-33-,37-36-,40-39-,43-42-,46-45-. The first-order valence-corrected chi connectivity index (χ1v) is 32.9. The van der Waals surface area contributed by atoms with Crippen LogP contribution in [0, 0.1) is 0 Å². The summed E-state index contributed by atoms with van der Waals surface area (Å²) in [7, 11) is 1.46. The third kappa shape index (κ3) is 63.2. The van der Waals surface area contributed by atoms with Crippen LogP contribution in [0.25, 0.3) is 0 Å². The van der Waals surface area contributed by atoms with Crippen LogP contribution in [0.15, 0.2) is 134 Å². The smallest absolute Gasteiger partial charge is 0.462 e. The van der Waals surface area contributed by atoms with Gasteiger partial charge < -0.3 is 18.9 Å². The van der Waals surface area contributed by atoms with Crippen molar-refractivity contribution in [2.45, 2.75) is 245 Å². The molecule has 2 atom stereocenters. The maximum atomic E-state index is 12.8. The van der Waals surface area contributed by atoms with E-state index in [1.165, 1.54) is 89.9 Å². The molecule has 0 aliphatic heterocycles. The summed E-state index contributed by atoms with van der Waals surface area (Å²) < 4.78 is 34.5. The van der Waals surface area contributed by atoms with Crippen LogP contribution in [-0.2, 0) is 32.7 Å². The number of hydrogen-bond acceptors (Lipinski definition) is 7. The van der Waals surface area contributed by atoms with Crippen LogP contribution in [0.5, 0.6) is 0 Å². The van der Waals surface area contributed by atoms with Crippen molar-refractivity contribution in [3.05, 3.63) is 134 Å². The van der Waals surface area contributed by atoms with Gasteiger partial charge in [0.05, 0.1) is 27.7 Å². The third-order valence-electron chi connectivity index (χ3n) is 12.9. The number of phosphoric acid groups is 1. The SMILES string of the molecule is CC/C=C\C/C=C\C/C=C\C/C=C\C/C=C\C/C=C\C/C=C\C/C=C\C/C=C\C/C=C\C/C=C\CCCCCCCCCC(=O)OC(COC(=O)CCCCCCCCCCCCCCCC)COP(=O)(O)OCC[N+](C)(C)C. The lowest BCUT2D eigenvalue weighted by atomic mass is 10.0. The predicted molar refractivity (Wildman–Crippen MR) is 339 cm³/mol. The van der Waals surface area contributed by atoms with Crippen LogP contribution < -0.4 is 0 Å². The highest BCUT2D eigenvalue weighted by Gasteiger charge is 2.27. The summed E-state index contributed by atoms with van der Waals surface area (Å²) in [5.74, 6) is -0.813.